The van der Waals surface area contributed by atoms with E-state index < -0.39 is 5.97 Å². The number of carbonyl (C=O) groups excluding carboxylic acids is 2. The van der Waals surface area contributed by atoms with Crippen LogP contribution in [0.1, 0.15) is 33.2 Å². The highest BCUT2D eigenvalue weighted by molar-refractivity contribution is 5.95. The summed E-state index contributed by atoms with van der Waals surface area (Å²) in [6.07, 6.45) is 1.47. The lowest BCUT2D eigenvalue weighted by Gasteiger charge is -2.10. The van der Waals surface area contributed by atoms with E-state index in [2.05, 4.69) is 10.5 Å². The average molecular weight is 418 g/mol. The molecule has 7 nitrogen and oxygen atoms in total. The molecule has 3 rings (SSSR count). The number of esters is 1. The molecule has 0 atom stereocenters. The van der Waals surface area contributed by atoms with E-state index in [4.69, 9.17) is 14.2 Å². The molecule has 3 aromatic carbocycles. The van der Waals surface area contributed by atoms with Gasteiger partial charge in [0.25, 0.3) is 5.91 Å². The zero-order valence-electron chi connectivity index (χ0n) is 17.2. The second-order valence-electron chi connectivity index (χ2n) is 6.32. The lowest BCUT2D eigenvalue weighted by Crippen LogP contribution is -2.17. The Labute approximate surface area is 180 Å². The molecule has 3 aromatic rings. The van der Waals surface area contributed by atoms with E-state index in [1.165, 1.54) is 13.3 Å². The van der Waals surface area contributed by atoms with Crippen molar-refractivity contribution >= 4 is 18.1 Å². The van der Waals surface area contributed by atoms with E-state index in [1.54, 1.807) is 66.7 Å². The van der Waals surface area contributed by atoms with Crippen molar-refractivity contribution in [2.45, 2.75) is 6.92 Å². The Balaban J connectivity index is 1.65. The molecule has 1 N–H and O–H groups in total. The fourth-order valence-corrected chi connectivity index (χ4v) is 2.68. The first-order valence-electron chi connectivity index (χ1n) is 9.62. The van der Waals surface area contributed by atoms with Gasteiger partial charge in [0.2, 0.25) is 0 Å². The number of hydrogen-bond acceptors (Lipinski definition) is 6. The van der Waals surface area contributed by atoms with Gasteiger partial charge in [0, 0.05) is 5.56 Å². The van der Waals surface area contributed by atoms with Crippen molar-refractivity contribution < 1.29 is 23.8 Å². The number of amides is 1. The summed E-state index contributed by atoms with van der Waals surface area (Å²) in [5, 5.41) is 3.96. The Kier molecular flexibility index (Phi) is 7.37. The van der Waals surface area contributed by atoms with Crippen molar-refractivity contribution in [2.24, 2.45) is 5.10 Å². The van der Waals surface area contributed by atoms with Crippen LogP contribution in [0.2, 0.25) is 0 Å². The van der Waals surface area contributed by atoms with E-state index in [9.17, 15) is 9.59 Å². The number of benzene rings is 3. The highest BCUT2D eigenvalue weighted by Crippen LogP contribution is 2.28. The molecule has 0 spiro atoms. The molecule has 0 aromatic heterocycles. The van der Waals surface area contributed by atoms with E-state index in [0.717, 1.165) is 0 Å². The topological polar surface area (TPSA) is 86.2 Å². The molecule has 31 heavy (non-hydrogen) atoms. The standard InChI is InChI=1S/C24H22N2O5/c1-3-30-20-12-10-19(11-13-20)24(28)31-21-14-9-17(15-22(21)29-2)16-25-26-23(27)18-7-5-4-6-8-18/h4-16H,3H2,1-2H3,(H,26,27)/b25-16-. The predicted octanol–water partition coefficient (Wildman–Crippen LogP) is 4.08. The molecular weight excluding hydrogens is 396 g/mol. The third-order valence-corrected chi connectivity index (χ3v) is 4.21. The van der Waals surface area contributed by atoms with Gasteiger partial charge >= 0.3 is 5.97 Å². The monoisotopic (exact) mass is 418 g/mol. The molecule has 0 aliphatic heterocycles. The Bertz CT molecular complexity index is 1060. The van der Waals surface area contributed by atoms with Gasteiger partial charge in [-0.05, 0) is 67.1 Å². The molecule has 0 bridgehead atoms. The lowest BCUT2D eigenvalue weighted by molar-refractivity contribution is 0.0729. The van der Waals surface area contributed by atoms with Gasteiger partial charge in [0.05, 0.1) is 25.5 Å². The quantitative estimate of drug-likeness (QED) is 0.258. The average Bonchev–Trinajstić information content (AvgIpc) is 2.81. The summed E-state index contributed by atoms with van der Waals surface area (Å²) in [6.45, 7) is 2.44. The van der Waals surface area contributed by atoms with Crippen molar-refractivity contribution in [2.75, 3.05) is 13.7 Å². The SMILES string of the molecule is CCOc1ccc(C(=O)Oc2ccc(/C=N\NC(=O)c3ccccc3)cc2OC)cc1. The van der Waals surface area contributed by atoms with Crippen LogP contribution < -0.4 is 19.6 Å². The van der Waals surface area contributed by atoms with Gasteiger partial charge in [-0.2, -0.15) is 5.10 Å². The van der Waals surface area contributed by atoms with Crippen LogP contribution in [0, 0.1) is 0 Å². The van der Waals surface area contributed by atoms with Crippen LogP contribution in [0.5, 0.6) is 17.2 Å². The number of hydrazone groups is 1. The van der Waals surface area contributed by atoms with Crippen molar-refractivity contribution in [3.05, 3.63) is 89.5 Å². The molecule has 0 aliphatic carbocycles. The lowest BCUT2D eigenvalue weighted by atomic mass is 10.2. The summed E-state index contributed by atoms with van der Waals surface area (Å²) < 4.78 is 16.2. The highest BCUT2D eigenvalue weighted by atomic mass is 16.6. The van der Waals surface area contributed by atoms with Gasteiger partial charge in [0.1, 0.15) is 5.75 Å². The number of hydrogen-bond donors (Lipinski definition) is 1. The molecule has 0 radical (unpaired) electrons. The molecule has 0 saturated heterocycles. The van der Waals surface area contributed by atoms with Crippen LogP contribution in [0.25, 0.3) is 0 Å². The van der Waals surface area contributed by atoms with Gasteiger partial charge < -0.3 is 14.2 Å². The molecule has 0 heterocycles. The van der Waals surface area contributed by atoms with Gasteiger partial charge in [-0.1, -0.05) is 18.2 Å². The third-order valence-electron chi connectivity index (χ3n) is 4.21. The Morgan fingerprint density at radius 3 is 2.35 bits per heavy atom. The molecule has 7 heteroatoms. The fourth-order valence-electron chi connectivity index (χ4n) is 2.68. The Morgan fingerprint density at radius 2 is 1.68 bits per heavy atom. The van der Waals surface area contributed by atoms with E-state index in [0.29, 0.717) is 34.8 Å². The zero-order chi connectivity index (χ0) is 22.1. The van der Waals surface area contributed by atoms with Crippen molar-refractivity contribution in [1.29, 1.82) is 0 Å². The minimum Gasteiger partial charge on any atom is -0.494 e. The normalized spacial score (nSPS) is 10.5. The van der Waals surface area contributed by atoms with Crippen LogP contribution in [0.15, 0.2) is 77.9 Å². The minimum absolute atomic E-state index is 0.270. The van der Waals surface area contributed by atoms with Gasteiger partial charge in [-0.3, -0.25) is 4.79 Å². The number of methoxy groups -OCH3 is 1. The minimum atomic E-state index is -0.516. The van der Waals surface area contributed by atoms with Crippen LogP contribution in [-0.4, -0.2) is 31.8 Å². The smallest absolute Gasteiger partial charge is 0.343 e. The number of nitrogens with one attached hydrogen (secondary N) is 1. The summed E-state index contributed by atoms with van der Waals surface area (Å²) in [5.41, 5.74) is 4.02. The zero-order valence-corrected chi connectivity index (χ0v) is 17.2. The van der Waals surface area contributed by atoms with Gasteiger partial charge in [-0.25, -0.2) is 10.2 Å². The van der Waals surface area contributed by atoms with Crippen molar-refractivity contribution in [1.82, 2.24) is 5.43 Å². The molecular formula is C24H22N2O5. The number of rotatable bonds is 8. The van der Waals surface area contributed by atoms with Gasteiger partial charge in [0.15, 0.2) is 11.5 Å². The molecule has 1 amide bonds. The number of carbonyl (C=O) groups is 2. The van der Waals surface area contributed by atoms with E-state index in [-0.39, 0.29) is 11.7 Å². The summed E-state index contributed by atoms with van der Waals surface area (Å²) in [5.74, 6) is 0.478. The number of nitrogens with zero attached hydrogens (tertiary/aromatic N) is 1. The van der Waals surface area contributed by atoms with Crippen molar-refractivity contribution in [3.8, 4) is 17.2 Å². The number of ether oxygens (including phenoxy) is 3. The summed E-state index contributed by atoms with van der Waals surface area (Å²) in [6, 6.07) is 20.4. The fraction of sp³-hybridized carbons (Fsp3) is 0.125. The van der Waals surface area contributed by atoms with E-state index in [1.807, 2.05) is 13.0 Å². The Hall–Kier alpha value is -4.13. The van der Waals surface area contributed by atoms with Crippen LogP contribution in [0.3, 0.4) is 0 Å². The maximum Gasteiger partial charge on any atom is 0.343 e. The van der Waals surface area contributed by atoms with Gasteiger partial charge in [-0.15, -0.1) is 0 Å². The third kappa shape index (κ3) is 5.93. The molecule has 0 unspecified atom stereocenters. The van der Waals surface area contributed by atoms with Crippen LogP contribution >= 0.6 is 0 Å². The first-order chi connectivity index (χ1) is 15.1. The maximum absolute atomic E-state index is 12.4. The Morgan fingerprint density at radius 1 is 0.935 bits per heavy atom. The largest absolute Gasteiger partial charge is 0.494 e. The van der Waals surface area contributed by atoms with Crippen molar-refractivity contribution in [3.63, 3.8) is 0 Å². The molecule has 0 aliphatic rings. The first-order valence-corrected chi connectivity index (χ1v) is 9.62. The molecule has 158 valence electrons. The van der Waals surface area contributed by atoms with Crippen LogP contribution in [-0.2, 0) is 0 Å². The highest BCUT2D eigenvalue weighted by Gasteiger charge is 2.13. The summed E-state index contributed by atoms with van der Waals surface area (Å²) in [4.78, 5) is 24.4. The summed E-state index contributed by atoms with van der Waals surface area (Å²) >= 11 is 0. The van der Waals surface area contributed by atoms with E-state index >= 15 is 0 Å². The second kappa shape index (κ2) is 10.6. The first kappa shape index (κ1) is 21.6. The molecule has 0 fully saturated rings. The second-order valence-corrected chi connectivity index (χ2v) is 6.32. The maximum atomic E-state index is 12.4. The molecule has 0 saturated carbocycles. The summed E-state index contributed by atoms with van der Waals surface area (Å²) in [7, 11) is 1.47. The van der Waals surface area contributed by atoms with Crippen LogP contribution in [0.4, 0.5) is 0 Å². The predicted molar refractivity (Wildman–Crippen MR) is 117 cm³/mol.